The molecule has 0 amide bonds. The highest BCUT2D eigenvalue weighted by atomic mass is 32.2. The molecular formula is C10H21N5S. The van der Waals surface area contributed by atoms with E-state index in [0.717, 1.165) is 37.0 Å². The Morgan fingerprint density at radius 3 is 2.75 bits per heavy atom. The second-order valence-corrected chi connectivity index (χ2v) is 4.53. The molecule has 0 spiro atoms. The van der Waals surface area contributed by atoms with Crippen LogP contribution < -0.4 is 11.1 Å². The number of thioether (sulfide) groups is 1. The molecule has 0 aliphatic rings. The summed E-state index contributed by atoms with van der Waals surface area (Å²) < 4.78 is 2.05. The first-order valence-corrected chi connectivity index (χ1v) is 7.05. The molecule has 92 valence electrons. The van der Waals surface area contributed by atoms with E-state index in [9.17, 15) is 0 Å². The van der Waals surface area contributed by atoms with Crippen molar-refractivity contribution in [2.45, 2.75) is 32.9 Å². The van der Waals surface area contributed by atoms with E-state index in [1.807, 2.05) is 6.92 Å². The Hall–Kier alpha value is -0.750. The van der Waals surface area contributed by atoms with Gasteiger partial charge in [0.05, 0.1) is 6.04 Å². The van der Waals surface area contributed by atoms with Gasteiger partial charge in [0.25, 0.3) is 0 Å². The van der Waals surface area contributed by atoms with Gasteiger partial charge >= 0.3 is 0 Å². The molecule has 6 heteroatoms. The molecule has 0 fully saturated rings. The molecule has 0 aromatic carbocycles. The van der Waals surface area contributed by atoms with Gasteiger partial charge in [-0.15, -0.1) is 10.2 Å². The fourth-order valence-electron chi connectivity index (χ4n) is 1.56. The van der Waals surface area contributed by atoms with Crippen LogP contribution >= 0.6 is 11.8 Å². The Kier molecular flexibility index (Phi) is 5.62. The number of rotatable bonds is 7. The topological polar surface area (TPSA) is 68.8 Å². The first-order valence-electron chi connectivity index (χ1n) is 5.66. The lowest BCUT2D eigenvalue weighted by Gasteiger charge is -2.12. The van der Waals surface area contributed by atoms with Gasteiger partial charge in [0.1, 0.15) is 0 Å². The van der Waals surface area contributed by atoms with Crippen molar-refractivity contribution in [1.82, 2.24) is 14.8 Å². The van der Waals surface area contributed by atoms with E-state index < -0.39 is 0 Å². The molecule has 0 aliphatic heterocycles. The van der Waals surface area contributed by atoms with Gasteiger partial charge in [-0.2, -0.15) is 11.8 Å². The van der Waals surface area contributed by atoms with Crippen molar-refractivity contribution < 1.29 is 0 Å². The molecule has 0 radical (unpaired) electrons. The number of nitrogens with zero attached hydrogens (tertiary/aromatic N) is 3. The van der Waals surface area contributed by atoms with Crippen molar-refractivity contribution in [3.8, 4) is 0 Å². The van der Waals surface area contributed by atoms with Crippen LogP contribution in [0.1, 0.15) is 32.1 Å². The van der Waals surface area contributed by atoms with E-state index in [4.69, 9.17) is 5.73 Å². The summed E-state index contributed by atoms with van der Waals surface area (Å²) in [4.78, 5) is 0. The zero-order valence-electron chi connectivity index (χ0n) is 10.2. The molecule has 0 bridgehead atoms. The fraction of sp³-hybridized carbons (Fsp3) is 0.800. The van der Waals surface area contributed by atoms with Crippen LogP contribution in [0.25, 0.3) is 0 Å². The van der Waals surface area contributed by atoms with Crippen molar-refractivity contribution in [3.63, 3.8) is 0 Å². The predicted molar refractivity (Wildman–Crippen MR) is 69.8 cm³/mol. The van der Waals surface area contributed by atoms with Crippen LogP contribution in [0.5, 0.6) is 0 Å². The van der Waals surface area contributed by atoms with Gasteiger partial charge in [0.2, 0.25) is 5.95 Å². The summed E-state index contributed by atoms with van der Waals surface area (Å²) in [5.74, 6) is 2.75. The maximum atomic E-state index is 6.10. The van der Waals surface area contributed by atoms with Crippen molar-refractivity contribution in [3.05, 3.63) is 5.82 Å². The Balaban J connectivity index is 2.78. The minimum Gasteiger partial charge on any atom is -0.355 e. The number of hydrogen-bond donors (Lipinski definition) is 2. The molecule has 1 heterocycles. The second-order valence-electron chi connectivity index (χ2n) is 3.54. The lowest BCUT2D eigenvalue weighted by Crippen LogP contribution is -2.18. The summed E-state index contributed by atoms with van der Waals surface area (Å²) in [5.41, 5.74) is 6.10. The Morgan fingerprint density at radius 2 is 2.19 bits per heavy atom. The molecule has 1 atom stereocenters. The first-order chi connectivity index (χ1) is 7.74. The van der Waals surface area contributed by atoms with Crippen LogP contribution in [0.2, 0.25) is 0 Å². The SMILES string of the molecule is CCNc1nnc(C(N)CCSC)n1CC. The minimum absolute atomic E-state index is 0.0210. The van der Waals surface area contributed by atoms with Crippen LogP contribution in [0.4, 0.5) is 5.95 Å². The van der Waals surface area contributed by atoms with E-state index in [1.165, 1.54) is 0 Å². The molecule has 1 rings (SSSR count). The Morgan fingerprint density at radius 1 is 1.44 bits per heavy atom. The summed E-state index contributed by atoms with van der Waals surface area (Å²) in [6.45, 7) is 5.81. The summed E-state index contributed by atoms with van der Waals surface area (Å²) in [6, 6.07) is -0.0210. The molecule has 1 aromatic heterocycles. The molecule has 16 heavy (non-hydrogen) atoms. The highest BCUT2D eigenvalue weighted by molar-refractivity contribution is 7.98. The quantitative estimate of drug-likeness (QED) is 0.759. The van der Waals surface area contributed by atoms with Crippen LogP contribution in [-0.4, -0.2) is 33.3 Å². The van der Waals surface area contributed by atoms with Gasteiger partial charge in [-0.3, -0.25) is 4.57 Å². The minimum atomic E-state index is -0.0210. The third kappa shape index (κ3) is 3.12. The lowest BCUT2D eigenvalue weighted by atomic mass is 10.2. The zero-order valence-corrected chi connectivity index (χ0v) is 11.0. The van der Waals surface area contributed by atoms with Gasteiger partial charge in [-0.25, -0.2) is 0 Å². The van der Waals surface area contributed by atoms with Crippen LogP contribution in [0.15, 0.2) is 0 Å². The molecule has 3 N–H and O–H groups in total. The van der Waals surface area contributed by atoms with Gasteiger partial charge in [0, 0.05) is 13.1 Å². The highest BCUT2D eigenvalue weighted by Crippen LogP contribution is 2.17. The van der Waals surface area contributed by atoms with Crippen molar-refractivity contribution in [1.29, 1.82) is 0 Å². The maximum absolute atomic E-state index is 6.10. The largest absolute Gasteiger partial charge is 0.355 e. The number of anilines is 1. The van der Waals surface area contributed by atoms with Gasteiger partial charge in [-0.1, -0.05) is 0 Å². The summed E-state index contributed by atoms with van der Waals surface area (Å²) in [5, 5.41) is 11.5. The van der Waals surface area contributed by atoms with Crippen LogP contribution in [0, 0.1) is 0 Å². The number of aromatic nitrogens is 3. The van der Waals surface area contributed by atoms with Crippen LogP contribution in [0.3, 0.4) is 0 Å². The van der Waals surface area contributed by atoms with E-state index in [1.54, 1.807) is 11.8 Å². The fourth-order valence-corrected chi connectivity index (χ4v) is 2.05. The Labute approximate surface area is 101 Å². The highest BCUT2D eigenvalue weighted by Gasteiger charge is 2.16. The molecule has 1 aromatic rings. The zero-order chi connectivity index (χ0) is 12.0. The van der Waals surface area contributed by atoms with Crippen molar-refractivity contribution in [2.24, 2.45) is 5.73 Å². The van der Waals surface area contributed by atoms with E-state index >= 15 is 0 Å². The summed E-state index contributed by atoms with van der Waals surface area (Å²) >= 11 is 1.80. The molecule has 1 unspecified atom stereocenters. The number of nitrogens with one attached hydrogen (secondary N) is 1. The summed E-state index contributed by atoms with van der Waals surface area (Å²) in [7, 11) is 0. The smallest absolute Gasteiger partial charge is 0.224 e. The number of hydrogen-bond acceptors (Lipinski definition) is 5. The third-order valence-electron chi connectivity index (χ3n) is 2.40. The van der Waals surface area contributed by atoms with E-state index in [0.29, 0.717) is 0 Å². The van der Waals surface area contributed by atoms with Gasteiger partial charge in [0.15, 0.2) is 5.82 Å². The molecule has 0 aliphatic carbocycles. The van der Waals surface area contributed by atoms with Crippen molar-refractivity contribution >= 4 is 17.7 Å². The molecule has 0 saturated heterocycles. The van der Waals surface area contributed by atoms with Gasteiger partial charge < -0.3 is 11.1 Å². The average Bonchev–Trinajstić information content (AvgIpc) is 2.69. The standard InChI is InChI=1S/C10H21N5S/c1-4-12-10-14-13-9(15(10)5-2)8(11)6-7-16-3/h8H,4-7,11H2,1-3H3,(H,12,14). The molecule has 0 saturated carbocycles. The first kappa shape index (κ1) is 13.3. The van der Waals surface area contributed by atoms with E-state index in [2.05, 4.69) is 33.3 Å². The second kappa shape index (κ2) is 6.75. The Bertz CT molecular complexity index is 312. The third-order valence-corrected chi connectivity index (χ3v) is 3.04. The lowest BCUT2D eigenvalue weighted by molar-refractivity contribution is 0.593. The maximum Gasteiger partial charge on any atom is 0.224 e. The van der Waals surface area contributed by atoms with E-state index in [-0.39, 0.29) is 6.04 Å². The van der Waals surface area contributed by atoms with Crippen molar-refractivity contribution in [2.75, 3.05) is 23.9 Å². The monoisotopic (exact) mass is 243 g/mol. The predicted octanol–water partition coefficient (Wildman–Crippen LogP) is 1.48. The average molecular weight is 243 g/mol. The summed E-state index contributed by atoms with van der Waals surface area (Å²) in [6.07, 6.45) is 3.02. The molecular weight excluding hydrogens is 222 g/mol. The van der Waals surface area contributed by atoms with Gasteiger partial charge in [-0.05, 0) is 32.3 Å². The molecule has 5 nitrogen and oxygen atoms in total. The normalized spacial score (nSPS) is 12.8. The van der Waals surface area contributed by atoms with Crippen LogP contribution in [-0.2, 0) is 6.54 Å². The number of nitrogens with two attached hydrogens (primary N) is 1.